The van der Waals surface area contributed by atoms with E-state index in [0.29, 0.717) is 11.7 Å². The highest BCUT2D eigenvalue weighted by Gasteiger charge is 2.12. The first-order chi connectivity index (χ1) is 12.9. The summed E-state index contributed by atoms with van der Waals surface area (Å²) in [6.07, 6.45) is 0. The van der Waals surface area contributed by atoms with E-state index in [2.05, 4.69) is 19.2 Å². The lowest BCUT2D eigenvalue weighted by atomic mass is 9.98. The fourth-order valence-electron chi connectivity index (χ4n) is 2.82. The zero-order chi connectivity index (χ0) is 19.8. The molecule has 0 bridgehead atoms. The van der Waals surface area contributed by atoms with Crippen molar-refractivity contribution in [1.82, 2.24) is 5.32 Å². The summed E-state index contributed by atoms with van der Waals surface area (Å²) in [5.41, 5.74) is 3.35. The molecule has 2 aromatic carbocycles. The summed E-state index contributed by atoms with van der Waals surface area (Å²) in [4.78, 5) is 23.7. The Balaban J connectivity index is 1.74. The van der Waals surface area contributed by atoms with Crippen molar-refractivity contribution in [3.05, 3.63) is 65.2 Å². The molecular weight excluding hydrogens is 342 g/mol. The third-order valence-electron chi connectivity index (χ3n) is 4.26. The van der Waals surface area contributed by atoms with Crippen LogP contribution in [0.3, 0.4) is 0 Å². The van der Waals surface area contributed by atoms with E-state index in [4.69, 9.17) is 9.47 Å². The maximum atomic E-state index is 11.9. The minimum atomic E-state index is -0.580. The number of hydrogen-bond acceptors (Lipinski definition) is 4. The van der Waals surface area contributed by atoms with E-state index in [9.17, 15) is 9.59 Å². The molecule has 1 amide bonds. The van der Waals surface area contributed by atoms with Gasteiger partial charge in [0.05, 0.1) is 6.04 Å². The van der Waals surface area contributed by atoms with E-state index in [0.717, 1.165) is 11.1 Å². The minimum absolute atomic E-state index is 0.156. The highest BCUT2D eigenvalue weighted by atomic mass is 16.6. The van der Waals surface area contributed by atoms with Crippen molar-refractivity contribution < 1.29 is 19.1 Å². The topological polar surface area (TPSA) is 64.6 Å². The average Bonchev–Trinajstić information content (AvgIpc) is 2.65. The standard InChI is InChI=1S/C22H27NO4/c1-15(2)20-11-10-19(12-16(20)3)26-14-22(25)27-13-21(24)23-17(4)18-8-6-5-7-9-18/h5-12,15,17H,13-14H2,1-4H3,(H,23,24)/t17-/m0/s1. The summed E-state index contributed by atoms with van der Waals surface area (Å²) < 4.78 is 10.4. The van der Waals surface area contributed by atoms with Crippen LogP contribution in [0.4, 0.5) is 0 Å². The van der Waals surface area contributed by atoms with Gasteiger partial charge >= 0.3 is 5.97 Å². The first-order valence-electron chi connectivity index (χ1n) is 9.10. The fourth-order valence-corrected chi connectivity index (χ4v) is 2.82. The zero-order valence-corrected chi connectivity index (χ0v) is 16.3. The van der Waals surface area contributed by atoms with Crippen molar-refractivity contribution in [2.24, 2.45) is 0 Å². The molecule has 5 nitrogen and oxygen atoms in total. The molecule has 1 N–H and O–H groups in total. The molecule has 0 aliphatic heterocycles. The van der Waals surface area contributed by atoms with Gasteiger partial charge in [-0.2, -0.15) is 0 Å². The zero-order valence-electron chi connectivity index (χ0n) is 16.3. The highest BCUT2D eigenvalue weighted by molar-refractivity contribution is 5.81. The van der Waals surface area contributed by atoms with E-state index in [1.807, 2.05) is 62.4 Å². The number of carbonyl (C=O) groups excluding carboxylic acids is 2. The van der Waals surface area contributed by atoms with Crippen molar-refractivity contribution in [2.45, 2.75) is 39.7 Å². The minimum Gasteiger partial charge on any atom is -0.482 e. The van der Waals surface area contributed by atoms with Gasteiger partial charge in [-0.1, -0.05) is 50.2 Å². The van der Waals surface area contributed by atoms with Crippen LogP contribution in [0.2, 0.25) is 0 Å². The van der Waals surface area contributed by atoms with Gasteiger partial charge in [-0.3, -0.25) is 4.79 Å². The molecule has 27 heavy (non-hydrogen) atoms. The molecule has 0 aliphatic carbocycles. The van der Waals surface area contributed by atoms with Crippen LogP contribution in [0.5, 0.6) is 5.75 Å². The summed E-state index contributed by atoms with van der Waals surface area (Å²) in [6.45, 7) is 7.58. The second-order valence-corrected chi connectivity index (χ2v) is 6.82. The molecule has 1 atom stereocenters. The maximum absolute atomic E-state index is 11.9. The Hall–Kier alpha value is -2.82. The Labute approximate surface area is 160 Å². The first-order valence-corrected chi connectivity index (χ1v) is 9.10. The monoisotopic (exact) mass is 369 g/mol. The number of aryl methyl sites for hydroxylation is 1. The van der Waals surface area contributed by atoms with Crippen LogP contribution in [0, 0.1) is 6.92 Å². The van der Waals surface area contributed by atoms with Crippen molar-refractivity contribution in [1.29, 1.82) is 0 Å². The van der Waals surface area contributed by atoms with Gasteiger partial charge in [0.1, 0.15) is 5.75 Å². The Kier molecular flexibility index (Phi) is 7.41. The number of rotatable bonds is 8. The van der Waals surface area contributed by atoms with Crippen LogP contribution in [0.15, 0.2) is 48.5 Å². The number of hydrogen-bond donors (Lipinski definition) is 1. The van der Waals surface area contributed by atoms with Gasteiger partial charge in [0.2, 0.25) is 0 Å². The molecule has 2 rings (SSSR count). The highest BCUT2D eigenvalue weighted by Crippen LogP contribution is 2.23. The van der Waals surface area contributed by atoms with Gasteiger partial charge < -0.3 is 14.8 Å². The number of ether oxygens (including phenoxy) is 2. The van der Waals surface area contributed by atoms with Crippen molar-refractivity contribution in [3.8, 4) is 5.75 Å². The quantitative estimate of drug-likeness (QED) is 0.717. The Morgan fingerprint density at radius 1 is 1.00 bits per heavy atom. The lowest BCUT2D eigenvalue weighted by Crippen LogP contribution is -2.31. The Morgan fingerprint density at radius 2 is 1.70 bits per heavy atom. The van der Waals surface area contributed by atoms with E-state index < -0.39 is 5.97 Å². The molecule has 0 unspecified atom stereocenters. The third kappa shape index (κ3) is 6.44. The molecule has 0 spiro atoms. The van der Waals surface area contributed by atoms with Crippen LogP contribution in [-0.4, -0.2) is 25.1 Å². The molecule has 0 aliphatic rings. The molecule has 5 heteroatoms. The molecule has 0 fully saturated rings. The lowest BCUT2D eigenvalue weighted by Gasteiger charge is -2.14. The number of nitrogens with one attached hydrogen (secondary N) is 1. The van der Waals surface area contributed by atoms with Gasteiger partial charge in [0, 0.05) is 0 Å². The predicted octanol–water partition coefficient (Wildman–Crippen LogP) is 3.92. The second-order valence-electron chi connectivity index (χ2n) is 6.82. The number of amides is 1. The summed E-state index contributed by atoms with van der Waals surface area (Å²) in [6, 6.07) is 15.2. The van der Waals surface area contributed by atoms with Crippen LogP contribution >= 0.6 is 0 Å². The van der Waals surface area contributed by atoms with E-state index in [1.54, 1.807) is 0 Å². The molecule has 0 aromatic heterocycles. The molecule has 0 heterocycles. The Morgan fingerprint density at radius 3 is 2.33 bits per heavy atom. The summed E-state index contributed by atoms with van der Waals surface area (Å²) in [5.74, 6) is 0.108. The molecule has 144 valence electrons. The van der Waals surface area contributed by atoms with Crippen LogP contribution < -0.4 is 10.1 Å². The van der Waals surface area contributed by atoms with Gasteiger partial charge in [0.25, 0.3) is 5.91 Å². The van der Waals surface area contributed by atoms with E-state index in [-0.39, 0.29) is 25.2 Å². The van der Waals surface area contributed by atoms with Crippen molar-refractivity contribution in [3.63, 3.8) is 0 Å². The van der Waals surface area contributed by atoms with Crippen LogP contribution in [0.25, 0.3) is 0 Å². The van der Waals surface area contributed by atoms with Crippen molar-refractivity contribution in [2.75, 3.05) is 13.2 Å². The molecular formula is C22H27NO4. The fraction of sp³-hybridized carbons (Fsp3) is 0.364. The summed E-state index contributed by atoms with van der Waals surface area (Å²) in [7, 11) is 0. The number of benzene rings is 2. The van der Waals surface area contributed by atoms with E-state index >= 15 is 0 Å². The maximum Gasteiger partial charge on any atom is 0.344 e. The average molecular weight is 369 g/mol. The largest absolute Gasteiger partial charge is 0.482 e. The van der Waals surface area contributed by atoms with E-state index in [1.165, 1.54) is 5.56 Å². The van der Waals surface area contributed by atoms with Crippen molar-refractivity contribution >= 4 is 11.9 Å². The summed E-state index contributed by atoms with van der Waals surface area (Å²) in [5, 5.41) is 2.79. The molecule has 0 radical (unpaired) electrons. The number of esters is 1. The molecule has 2 aromatic rings. The number of carbonyl (C=O) groups is 2. The van der Waals surface area contributed by atoms with Gasteiger partial charge in [-0.15, -0.1) is 0 Å². The smallest absolute Gasteiger partial charge is 0.344 e. The molecule has 0 saturated heterocycles. The first kappa shape index (κ1) is 20.5. The van der Waals surface area contributed by atoms with Crippen LogP contribution in [-0.2, 0) is 14.3 Å². The van der Waals surface area contributed by atoms with Gasteiger partial charge in [0.15, 0.2) is 13.2 Å². The Bertz CT molecular complexity index is 771. The SMILES string of the molecule is Cc1cc(OCC(=O)OCC(=O)N[C@@H](C)c2ccccc2)ccc1C(C)C. The van der Waals surface area contributed by atoms with Crippen LogP contribution in [0.1, 0.15) is 49.4 Å². The van der Waals surface area contributed by atoms with Gasteiger partial charge in [-0.25, -0.2) is 4.79 Å². The molecule has 0 saturated carbocycles. The third-order valence-corrected chi connectivity index (χ3v) is 4.26. The predicted molar refractivity (Wildman–Crippen MR) is 105 cm³/mol. The lowest BCUT2D eigenvalue weighted by molar-refractivity contribution is -0.150. The normalized spacial score (nSPS) is 11.7. The summed E-state index contributed by atoms with van der Waals surface area (Å²) >= 11 is 0. The second kappa shape index (κ2) is 9.76. The van der Waals surface area contributed by atoms with Gasteiger partial charge in [-0.05, 0) is 48.6 Å².